The maximum absolute atomic E-state index is 5.84. The Kier molecular flexibility index (Phi) is 6.25. The summed E-state index contributed by atoms with van der Waals surface area (Å²) >= 11 is 0. The third kappa shape index (κ3) is 5.58. The zero-order chi connectivity index (χ0) is 14.9. The van der Waals surface area contributed by atoms with E-state index in [1.807, 2.05) is 30.3 Å². The largest absolute Gasteiger partial charge is 0.489 e. The van der Waals surface area contributed by atoms with Crippen LogP contribution in [0.25, 0.3) is 0 Å². The van der Waals surface area contributed by atoms with Crippen LogP contribution in [0.2, 0.25) is 0 Å². The minimum Gasteiger partial charge on any atom is -0.489 e. The summed E-state index contributed by atoms with van der Waals surface area (Å²) < 4.78 is 5.84. The molecule has 0 heterocycles. The number of nitrogens with one attached hydrogen (secondary N) is 1. The molecule has 0 amide bonds. The van der Waals surface area contributed by atoms with Gasteiger partial charge in [-0.1, -0.05) is 42.5 Å². The van der Waals surface area contributed by atoms with E-state index in [9.17, 15) is 0 Å². The van der Waals surface area contributed by atoms with Crippen LogP contribution in [0.1, 0.15) is 24.5 Å². The molecular formula is C18H24N2O. The molecule has 0 bridgehead atoms. The molecule has 2 aromatic rings. The highest BCUT2D eigenvalue weighted by molar-refractivity contribution is 5.29. The van der Waals surface area contributed by atoms with E-state index in [4.69, 9.17) is 10.5 Å². The first kappa shape index (κ1) is 15.5. The second kappa shape index (κ2) is 8.45. The van der Waals surface area contributed by atoms with Gasteiger partial charge in [0.2, 0.25) is 0 Å². The first-order valence-corrected chi connectivity index (χ1v) is 7.47. The lowest BCUT2D eigenvalue weighted by molar-refractivity contribution is 0.306. The molecule has 3 nitrogen and oxygen atoms in total. The molecule has 3 N–H and O–H groups in total. The van der Waals surface area contributed by atoms with Crippen LogP contribution in [0.5, 0.6) is 5.75 Å². The molecule has 0 radical (unpaired) electrons. The minimum atomic E-state index is 0.434. The topological polar surface area (TPSA) is 47.3 Å². The number of hydrogen-bond donors (Lipinski definition) is 2. The highest BCUT2D eigenvalue weighted by atomic mass is 16.5. The van der Waals surface area contributed by atoms with Crippen LogP contribution in [0.3, 0.4) is 0 Å². The van der Waals surface area contributed by atoms with Crippen LogP contribution in [0.4, 0.5) is 0 Å². The van der Waals surface area contributed by atoms with Gasteiger partial charge < -0.3 is 15.8 Å². The third-order valence-electron chi connectivity index (χ3n) is 3.40. The predicted molar refractivity (Wildman–Crippen MR) is 87.2 cm³/mol. The first-order valence-electron chi connectivity index (χ1n) is 7.47. The summed E-state index contributed by atoms with van der Waals surface area (Å²) in [6, 6.07) is 18.9. The normalized spacial score (nSPS) is 12.1. The SMILES string of the molecule is CC(CCN)NCc1cccc(OCc2ccccc2)c1. The lowest BCUT2D eigenvalue weighted by Gasteiger charge is -2.13. The van der Waals surface area contributed by atoms with Crippen LogP contribution >= 0.6 is 0 Å². The molecular weight excluding hydrogens is 260 g/mol. The fourth-order valence-corrected chi connectivity index (χ4v) is 2.13. The second-order valence-corrected chi connectivity index (χ2v) is 5.28. The standard InChI is InChI=1S/C18H24N2O/c1-15(10-11-19)20-13-17-8-5-9-18(12-17)21-14-16-6-3-2-4-7-16/h2-9,12,15,20H,10-11,13-14,19H2,1H3. The van der Waals surface area contributed by atoms with Gasteiger partial charge in [0.15, 0.2) is 0 Å². The molecule has 1 unspecified atom stereocenters. The molecule has 2 rings (SSSR count). The monoisotopic (exact) mass is 284 g/mol. The number of nitrogens with two attached hydrogens (primary N) is 1. The average molecular weight is 284 g/mol. The molecule has 112 valence electrons. The van der Waals surface area contributed by atoms with Crippen molar-refractivity contribution in [3.05, 3.63) is 65.7 Å². The van der Waals surface area contributed by atoms with E-state index < -0.39 is 0 Å². The Balaban J connectivity index is 1.86. The maximum Gasteiger partial charge on any atom is 0.120 e. The van der Waals surface area contributed by atoms with E-state index in [2.05, 4.69) is 36.5 Å². The molecule has 3 heteroatoms. The molecule has 2 aromatic carbocycles. The molecule has 0 aliphatic rings. The minimum absolute atomic E-state index is 0.434. The molecule has 0 aliphatic heterocycles. The van der Waals surface area contributed by atoms with Gasteiger partial charge in [0.1, 0.15) is 12.4 Å². The third-order valence-corrected chi connectivity index (χ3v) is 3.40. The van der Waals surface area contributed by atoms with Gasteiger partial charge in [-0.2, -0.15) is 0 Å². The molecule has 0 saturated heterocycles. The van der Waals surface area contributed by atoms with Crippen molar-refractivity contribution in [1.29, 1.82) is 0 Å². The highest BCUT2D eigenvalue weighted by Gasteiger charge is 2.02. The van der Waals surface area contributed by atoms with E-state index in [1.54, 1.807) is 0 Å². The quantitative estimate of drug-likeness (QED) is 0.783. The van der Waals surface area contributed by atoms with Crippen LogP contribution in [-0.2, 0) is 13.2 Å². The number of hydrogen-bond acceptors (Lipinski definition) is 3. The van der Waals surface area contributed by atoms with E-state index in [0.717, 1.165) is 18.7 Å². The number of ether oxygens (including phenoxy) is 1. The van der Waals surface area contributed by atoms with Gasteiger partial charge in [-0.05, 0) is 43.1 Å². The Morgan fingerprint density at radius 1 is 1.05 bits per heavy atom. The Labute approximate surface area is 127 Å². The van der Waals surface area contributed by atoms with Crippen molar-refractivity contribution in [2.45, 2.75) is 32.5 Å². The zero-order valence-corrected chi connectivity index (χ0v) is 12.6. The second-order valence-electron chi connectivity index (χ2n) is 5.28. The fraction of sp³-hybridized carbons (Fsp3) is 0.333. The molecule has 1 atom stereocenters. The molecule has 0 aliphatic carbocycles. The van der Waals surface area contributed by atoms with Crippen molar-refractivity contribution < 1.29 is 4.74 Å². The van der Waals surface area contributed by atoms with Crippen molar-refractivity contribution in [3.63, 3.8) is 0 Å². The highest BCUT2D eigenvalue weighted by Crippen LogP contribution is 2.15. The van der Waals surface area contributed by atoms with Gasteiger partial charge in [-0.25, -0.2) is 0 Å². The van der Waals surface area contributed by atoms with Crippen molar-refractivity contribution in [2.75, 3.05) is 6.54 Å². The Morgan fingerprint density at radius 2 is 1.81 bits per heavy atom. The van der Waals surface area contributed by atoms with Crippen LogP contribution in [0.15, 0.2) is 54.6 Å². The molecule has 0 aromatic heterocycles. The van der Waals surface area contributed by atoms with E-state index in [0.29, 0.717) is 19.2 Å². The number of rotatable bonds is 8. The van der Waals surface area contributed by atoms with Gasteiger partial charge >= 0.3 is 0 Å². The lowest BCUT2D eigenvalue weighted by Crippen LogP contribution is -2.27. The van der Waals surface area contributed by atoms with Crippen LogP contribution < -0.4 is 15.8 Å². The van der Waals surface area contributed by atoms with Crippen LogP contribution in [-0.4, -0.2) is 12.6 Å². The van der Waals surface area contributed by atoms with Gasteiger partial charge in [-0.15, -0.1) is 0 Å². The average Bonchev–Trinajstić information content (AvgIpc) is 2.53. The summed E-state index contributed by atoms with van der Waals surface area (Å²) in [6.45, 7) is 4.31. The molecule has 0 fully saturated rings. The maximum atomic E-state index is 5.84. The van der Waals surface area contributed by atoms with Gasteiger partial charge in [-0.3, -0.25) is 0 Å². The molecule has 21 heavy (non-hydrogen) atoms. The Hall–Kier alpha value is -1.84. The smallest absolute Gasteiger partial charge is 0.120 e. The number of benzene rings is 2. The summed E-state index contributed by atoms with van der Waals surface area (Å²) in [5.74, 6) is 0.907. The molecule has 0 spiro atoms. The van der Waals surface area contributed by atoms with Crippen LogP contribution in [0, 0.1) is 0 Å². The van der Waals surface area contributed by atoms with Gasteiger partial charge in [0, 0.05) is 12.6 Å². The van der Waals surface area contributed by atoms with E-state index >= 15 is 0 Å². The van der Waals surface area contributed by atoms with E-state index in [1.165, 1.54) is 11.1 Å². The molecule has 0 saturated carbocycles. The fourth-order valence-electron chi connectivity index (χ4n) is 2.13. The van der Waals surface area contributed by atoms with Crippen molar-refractivity contribution in [1.82, 2.24) is 5.32 Å². The van der Waals surface area contributed by atoms with Gasteiger partial charge in [0.05, 0.1) is 0 Å². The summed E-state index contributed by atoms with van der Waals surface area (Å²) in [6.07, 6.45) is 0.990. The lowest BCUT2D eigenvalue weighted by atomic mass is 10.2. The first-order chi connectivity index (χ1) is 10.3. The van der Waals surface area contributed by atoms with Crippen molar-refractivity contribution in [3.8, 4) is 5.75 Å². The zero-order valence-electron chi connectivity index (χ0n) is 12.6. The van der Waals surface area contributed by atoms with E-state index in [-0.39, 0.29) is 0 Å². The predicted octanol–water partition coefficient (Wildman–Crippen LogP) is 3.09. The van der Waals surface area contributed by atoms with Crippen molar-refractivity contribution >= 4 is 0 Å². The summed E-state index contributed by atoms with van der Waals surface area (Å²) in [4.78, 5) is 0. The van der Waals surface area contributed by atoms with Gasteiger partial charge in [0.25, 0.3) is 0 Å². The summed E-state index contributed by atoms with van der Waals surface area (Å²) in [5, 5.41) is 3.47. The summed E-state index contributed by atoms with van der Waals surface area (Å²) in [7, 11) is 0. The Morgan fingerprint density at radius 3 is 2.57 bits per heavy atom. The van der Waals surface area contributed by atoms with Crippen molar-refractivity contribution in [2.24, 2.45) is 5.73 Å². The Bertz CT molecular complexity index is 528. The summed E-state index contributed by atoms with van der Waals surface area (Å²) in [5.41, 5.74) is 7.96.